The summed E-state index contributed by atoms with van der Waals surface area (Å²) in [4.78, 5) is 4.76. The minimum absolute atomic E-state index is 0. The molecule has 0 aliphatic heterocycles. The molecule has 1 radical (unpaired) electrons. The van der Waals surface area contributed by atoms with E-state index in [2.05, 4.69) is 97.0 Å². The number of hydrogen-bond donors (Lipinski definition) is 2. The van der Waals surface area contributed by atoms with Crippen LogP contribution in [-0.2, 0) is 20.1 Å². The summed E-state index contributed by atoms with van der Waals surface area (Å²) in [5.41, 5.74) is 6.73. The van der Waals surface area contributed by atoms with Crippen LogP contribution in [0.15, 0.2) is 42.5 Å². The Morgan fingerprint density at radius 2 is 1.60 bits per heavy atom. The molecular weight excluding hydrogens is 611 g/mol. The molecule has 0 saturated heterocycles. The summed E-state index contributed by atoms with van der Waals surface area (Å²) < 4.78 is 0. The average molecular weight is 651 g/mol. The van der Waals surface area contributed by atoms with Crippen molar-refractivity contribution in [3.8, 4) is 11.3 Å². The number of nitrogens with zero attached hydrogens (tertiary/aromatic N) is 1. The van der Waals surface area contributed by atoms with Crippen LogP contribution in [0.4, 0.5) is 0 Å². The van der Waals surface area contributed by atoms with Crippen molar-refractivity contribution in [2.75, 3.05) is 0 Å². The first-order chi connectivity index (χ1) is 15.9. The predicted molar refractivity (Wildman–Crippen MR) is 141 cm³/mol. The summed E-state index contributed by atoms with van der Waals surface area (Å²) in [5.74, 6) is 0.627. The number of pyridine rings is 1. The molecule has 4 heteroatoms. The van der Waals surface area contributed by atoms with Crippen molar-refractivity contribution in [1.82, 2.24) is 4.98 Å². The molecule has 2 N–H and O–H groups in total. The van der Waals surface area contributed by atoms with Crippen molar-refractivity contribution in [3.63, 3.8) is 0 Å². The molecule has 4 atom stereocenters. The van der Waals surface area contributed by atoms with Crippen LogP contribution in [0.25, 0.3) is 22.2 Å². The second kappa shape index (κ2) is 10.4. The zero-order valence-corrected chi connectivity index (χ0v) is 24.5. The van der Waals surface area contributed by atoms with Crippen molar-refractivity contribution in [2.45, 2.75) is 79.9 Å². The average Bonchev–Trinajstić information content (AvgIpc) is 2.99. The maximum atomic E-state index is 10.3. The van der Waals surface area contributed by atoms with E-state index >= 15 is 0 Å². The molecule has 2 saturated carbocycles. The number of benzene rings is 2. The molecule has 1 heterocycles. The van der Waals surface area contributed by atoms with Crippen molar-refractivity contribution in [1.29, 1.82) is 0 Å². The molecule has 2 aliphatic rings. The SMILES string of the molecule is CC1(C)CCC2CC(C)(C)C(O)C2C1O.Cc1[c-]c(-c2ccc3c(C)cccc3n2)cc(C)c1.[Ir]. The molecule has 3 aromatic rings. The molecule has 2 fully saturated rings. The predicted octanol–water partition coefficient (Wildman–Crippen LogP) is 6.82. The number of hydrogen-bond acceptors (Lipinski definition) is 3. The normalized spacial score (nSPS) is 26.3. The molecule has 0 bridgehead atoms. The van der Waals surface area contributed by atoms with E-state index in [-0.39, 0.29) is 49.1 Å². The fraction of sp³-hybridized carbons (Fsp3) is 0.516. The van der Waals surface area contributed by atoms with Crippen LogP contribution in [0, 0.1) is 49.5 Å². The van der Waals surface area contributed by atoms with Crippen molar-refractivity contribution < 1.29 is 30.3 Å². The third kappa shape index (κ3) is 5.72. The van der Waals surface area contributed by atoms with Crippen molar-refractivity contribution in [3.05, 3.63) is 65.2 Å². The van der Waals surface area contributed by atoms with Crippen LogP contribution >= 0.6 is 0 Å². The second-order valence-electron chi connectivity index (χ2n) is 12.0. The van der Waals surface area contributed by atoms with Crippen molar-refractivity contribution in [2.24, 2.45) is 22.7 Å². The molecule has 1 aromatic heterocycles. The monoisotopic (exact) mass is 651 g/mol. The Morgan fingerprint density at radius 1 is 0.914 bits per heavy atom. The smallest absolute Gasteiger partial charge is 0.0646 e. The summed E-state index contributed by atoms with van der Waals surface area (Å²) >= 11 is 0. The summed E-state index contributed by atoms with van der Waals surface area (Å²) in [5, 5.41) is 21.9. The first-order valence-electron chi connectivity index (χ1n) is 12.6. The van der Waals surface area contributed by atoms with Gasteiger partial charge in [0, 0.05) is 31.4 Å². The first-order valence-corrected chi connectivity index (χ1v) is 12.6. The number of aliphatic hydroxyl groups excluding tert-OH is 2. The summed E-state index contributed by atoms with van der Waals surface area (Å²) in [6.45, 7) is 14.8. The van der Waals surface area contributed by atoms with Gasteiger partial charge in [-0.3, -0.25) is 4.98 Å². The van der Waals surface area contributed by atoms with Crippen LogP contribution in [-0.4, -0.2) is 27.4 Å². The van der Waals surface area contributed by atoms with Gasteiger partial charge in [0.2, 0.25) is 0 Å². The van der Waals surface area contributed by atoms with Gasteiger partial charge in [0.25, 0.3) is 0 Å². The van der Waals surface area contributed by atoms with Gasteiger partial charge < -0.3 is 10.2 Å². The quantitative estimate of drug-likeness (QED) is 0.285. The topological polar surface area (TPSA) is 53.4 Å². The third-order valence-corrected chi connectivity index (χ3v) is 8.20. The Kier molecular flexibility index (Phi) is 8.34. The van der Waals surface area contributed by atoms with Crippen LogP contribution in [0.2, 0.25) is 0 Å². The van der Waals surface area contributed by atoms with E-state index in [4.69, 9.17) is 4.98 Å². The summed E-state index contributed by atoms with van der Waals surface area (Å²) in [7, 11) is 0. The summed E-state index contributed by atoms with van der Waals surface area (Å²) in [6.07, 6.45) is 2.63. The van der Waals surface area contributed by atoms with E-state index in [1.807, 2.05) is 0 Å². The van der Waals surface area contributed by atoms with Gasteiger partial charge >= 0.3 is 0 Å². The fourth-order valence-electron chi connectivity index (χ4n) is 6.15. The van der Waals surface area contributed by atoms with E-state index in [0.29, 0.717) is 5.92 Å². The van der Waals surface area contributed by atoms with E-state index in [9.17, 15) is 10.2 Å². The largest absolute Gasteiger partial charge is 0.392 e. The Labute approximate surface area is 224 Å². The molecule has 0 amide bonds. The van der Waals surface area contributed by atoms with Gasteiger partial charge in [-0.05, 0) is 60.3 Å². The molecule has 5 rings (SSSR count). The van der Waals surface area contributed by atoms with Crippen LogP contribution in [0.1, 0.15) is 63.6 Å². The van der Waals surface area contributed by atoms with Gasteiger partial charge in [0.05, 0.1) is 17.7 Å². The van der Waals surface area contributed by atoms with E-state index < -0.39 is 0 Å². The maximum absolute atomic E-state index is 10.3. The number of aryl methyl sites for hydroxylation is 3. The fourth-order valence-corrected chi connectivity index (χ4v) is 6.15. The third-order valence-electron chi connectivity index (χ3n) is 8.20. The van der Waals surface area contributed by atoms with Gasteiger partial charge in [0.15, 0.2) is 0 Å². The van der Waals surface area contributed by atoms with Crippen LogP contribution in [0.5, 0.6) is 0 Å². The Morgan fingerprint density at radius 3 is 2.29 bits per heavy atom. The molecular formula is C31H40IrNO2-. The molecule has 191 valence electrons. The zero-order chi connectivity index (χ0) is 24.8. The Bertz CT molecular complexity index is 1160. The van der Waals surface area contributed by atoms with Gasteiger partial charge in [-0.15, -0.1) is 34.9 Å². The molecule has 2 aromatic carbocycles. The number of rotatable bonds is 1. The molecule has 3 nitrogen and oxygen atoms in total. The van der Waals surface area contributed by atoms with Gasteiger partial charge in [0.1, 0.15) is 0 Å². The van der Waals surface area contributed by atoms with Gasteiger partial charge in [-0.25, -0.2) is 0 Å². The first kappa shape index (κ1) is 28.0. The van der Waals surface area contributed by atoms with E-state index in [0.717, 1.165) is 41.6 Å². The number of aromatic nitrogens is 1. The van der Waals surface area contributed by atoms with E-state index in [1.165, 1.54) is 16.5 Å². The molecule has 2 aliphatic carbocycles. The summed E-state index contributed by atoms with van der Waals surface area (Å²) in [6, 6.07) is 18.1. The number of fused-ring (bicyclic) bond motifs is 2. The minimum atomic E-state index is -0.340. The maximum Gasteiger partial charge on any atom is 0.0646 e. The zero-order valence-electron chi connectivity index (χ0n) is 22.1. The number of aliphatic hydroxyl groups is 2. The molecule has 4 unspecified atom stereocenters. The van der Waals surface area contributed by atoms with Crippen LogP contribution < -0.4 is 0 Å². The Hall–Kier alpha value is -1.58. The minimum Gasteiger partial charge on any atom is -0.392 e. The Balaban J connectivity index is 0.000000195. The van der Waals surface area contributed by atoms with Gasteiger partial charge in [-0.2, -0.15) is 0 Å². The second-order valence-corrected chi connectivity index (χ2v) is 12.0. The van der Waals surface area contributed by atoms with Crippen LogP contribution in [0.3, 0.4) is 0 Å². The standard InChI is InChI=1S/C18H16N.C13H24O2.Ir/c1-12-9-13(2)11-15(10-12)17-8-7-16-14(3)5-4-6-18(16)19-17;1-12(2)6-5-8-7-13(3,4)11(15)9(8)10(12)14;/h4-10H,1-3H3;8-11,14-15H,5-7H2,1-4H3;/q-1;;. The molecule has 0 spiro atoms. The van der Waals surface area contributed by atoms with Crippen molar-refractivity contribution >= 4 is 10.9 Å². The van der Waals surface area contributed by atoms with Gasteiger partial charge in [-0.1, -0.05) is 65.8 Å². The van der Waals surface area contributed by atoms with E-state index in [1.54, 1.807) is 0 Å². The molecule has 35 heavy (non-hydrogen) atoms.